The average molecular weight is 338 g/mol. The molecule has 0 saturated carbocycles. The van der Waals surface area contributed by atoms with Crippen LogP contribution in [-0.2, 0) is 21.2 Å². The molecule has 0 spiro atoms. The summed E-state index contributed by atoms with van der Waals surface area (Å²) in [5, 5.41) is 0. The summed E-state index contributed by atoms with van der Waals surface area (Å²) in [4.78, 5) is 2.29. The third-order valence-electron chi connectivity index (χ3n) is 4.88. The highest BCUT2D eigenvalue weighted by molar-refractivity contribution is 7.89. The zero-order valence-electron chi connectivity index (χ0n) is 13.8. The summed E-state index contributed by atoms with van der Waals surface area (Å²) in [6, 6.07) is 8.11. The van der Waals surface area contributed by atoms with Crippen molar-refractivity contribution in [3.8, 4) is 0 Å². The first-order chi connectivity index (χ1) is 11.1. The molecule has 2 heterocycles. The van der Waals surface area contributed by atoms with Crippen molar-refractivity contribution in [1.82, 2.24) is 9.21 Å². The first kappa shape index (κ1) is 16.9. The zero-order valence-corrected chi connectivity index (χ0v) is 14.6. The fourth-order valence-corrected chi connectivity index (χ4v) is 5.23. The van der Waals surface area contributed by atoms with Crippen LogP contribution in [0.3, 0.4) is 0 Å². The van der Waals surface area contributed by atoms with Gasteiger partial charge in [0.2, 0.25) is 10.0 Å². The van der Waals surface area contributed by atoms with Crippen LogP contribution in [0.5, 0.6) is 0 Å². The number of morpholine rings is 1. The van der Waals surface area contributed by atoms with Gasteiger partial charge < -0.3 is 4.74 Å². The van der Waals surface area contributed by atoms with Gasteiger partial charge in [-0.2, -0.15) is 4.31 Å². The lowest BCUT2D eigenvalue weighted by Gasteiger charge is -2.34. The van der Waals surface area contributed by atoms with Crippen molar-refractivity contribution in [2.75, 3.05) is 45.1 Å². The van der Waals surface area contributed by atoms with E-state index in [2.05, 4.69) is 17.0 Å². The molecular formula is C17H26N2O3S. The number of hydrogen-bond acceptors (Lipinski definition) is 4. The van der Waals surface area contributed by atoms with Crippen molar-refractivity contribution in [3.05, 3.63) is 35.4 Å². The number of fused-ring (bicyclic) bond motifs is 1. The number of ether oxygens (including phenoxy) is 1. The van der Waals surface area contributed by atoms with Gasteiger partial charge in [-0.05, 0) is 37.4 Å². The Kier molecular flexibility index (Phi) is 5.36. The predicted molar refractivity (Wildman–Crippen MR) is 90.9 cm³/mol. The molecule has 0 amide bonds. The van der Waals surface area contributed by atoms with Crippen molar-refractivity contribution in [3.63, 3.8) is 0 Å². The van der Waals surface area contributed by atoms with Crippen LogP contribution < -0.4 is 0 Å². The van der Waals surface area contributed by atoms with Gasteiger partial charge in [-0.15, -0.1) is 0 Å². The highest BCUT2D eigenvalue weighted by Gasteiger charge is 2.32. The minimum Gasteiger partial charge on any atom is -0.379 e. The SMILES string of the molecule is C[C@H]1c2ccccc2CCN1S(=O)(=O)CCCN1CCOCC1. The molecule has 1 aromatic rings. The fourth-order valence-electron chi connectivity index (χ4n) is 3.54. The number of nitrogens with zero attached hydrogens (tertiary/aromatic N) is 2. The summed E-state index contributed by atoms with van der Waals surface area (Å²) in [5.41, 5.74) is 2.43. The molecule has 1 atom stereocenters. The Labute approximate surface area is 139 Å². The smallest absolute Gasteiger partial charge is 0.214 e. The van der Waals surface area contributed by atoms with Gasteiger partial charge in [0, 0.05) is 25.7 Å². The molecule has 0 N–H and O–H groups in total. The molecule has 5 nitrogen and oxygen atoms in total. The quantitative estimate of drug-likeness (QED) is 0.819. The lowest BCUT2D eigenvalue weighted by molar-refractivity contribution is 0.0380. The van der Waals surface area contributed by atoms with Crippen molar-refractivity contribution < 1.29 is 13.2 Å². The Morgan fingerprint density at radius 3 is 2.70 bits per heavy atom. The molecule has 23 heavy (non-hydrogen) atoms. The van der Waals surface area contributed by atoms with Crippen molar-refractivity contribution >= 4 is 10.0 Å². The summed E-state index contributed by atoms with van der Waals surface area (Å²) < 4.78 is 32.5. The zero-order chi connectivity index (χ0) is 16.3. The van der Waals surface area contributed by atoms with E-state index in [1.54, 1.807) is 4.31 Å². The van der Waals surface area contributed by atoms with Crippen LogP contribution in [0.25, 0.3) is 0 Å². The predicted octanol–water partition coefficient (Wildman–Crippen LogP) is 1.66. The van der Waals surface area contributed by atoms with Crippen LogP contribution in [0, 0.1) is 0 Å². The molecular weight excluding hydrogens is 312 g/mol. The van der Waals surface area contributed by atoms with E-state index < -0.39 is 10.0 Å². The molecule has 0 unspecified atom stereocenters. The van der Waals surface area contributed by atoms with Crippen LogP contribution in [-0.4, -0.2) is 62.8 Å². The van der Waals surface area contributed by atoms with Gasteiger partial charge >= 0.3 is 0 Å². The summed E-state index contributed by atoms with van der Waals surface area (Å²) in [6.45, 7) is 6.76. The van der Waals surface area contributed by atoms with Crippen LogP contribution in [0.2, 0.25) is 0 Å². The van der Waals surface area contributed by atoms with E-state index in [4.69, 9.17) is 4.74 Å². The van der Waals surface area contributed by atoms with Crippen molar-refractivity contribution in [2.24, 2.45) is 0 Å². The Morgan fingerprint density at radius 1 is 1.17 bits per heavy atom. The number of hydrogen-bond donors (Lipinski definition) is 0. The number of sulfonamides is 1. The molecule has 0 aliphatic carbocycles. The van der Waals surface area contributed by atoms with Gasteiger partial charge in [0.1, 0.15) is 0 Å². The normalized spacial score (nSPS) is 23.6. The molecule has 1 saturated heterocycles. The highest BCUT2D eigenvalue weighted by atomic mass is 32.2. The average Bonchev–Trinajstić information content (AvgIpc) is 2.56. The lowest BCUT2D eigenvalue weighted by Crippen LogP contribution is -2.41. The molecule has 2 aliphatic heterocycles. The second kappa shape index (κ2) is 7.30. The summed E-state index contributed by atoms with van der Waals surface area (Å²) >= 11 is 0. The largest absolute Gasteiger partial charge is 0.379 e. The Balaban J connectivity index is 1.59. The van der Waals surface area contributed by atoms with E-state index in [1.807, 2.05) is 19.1 Å². The van der Waals surface area contributed by atoms with E-state index in [0.717, 1.165) is 44.8 Å². The number of benzene rings is 1. The number of rotatable bonds is 5. The van der Waals surface area contributed by atoms with Gasteiger partial charge in [-0.1, -0.05) is 24.3 Å². The van der Waals surface area contributed by atoms with Crippen LogP contribution in [0.4, 0.5) is 0 Å². The van der Waals surface area contributed by atoms with E-state index >= 15 is 0 Å². The summed E-state index contributed by atoms with van der Waals surface area (Å²) in [5.74, 6) is 0.233. The Morgan fingerprint density at radius 2 is 1.91 bits per heavy atom. The maximum Gasteiger partial charge on any atom is 0.214 e. The molecule has 128 valence electrons. The van der Waals surface area contributed by atoms with Crippen LogP contribution in [0.1, 0.15) is 30.5 Å². The van der Waals surface area contributed by atoms with Gasteiger partial charge in [0.15, 0.2) is 0 Å². The Bertz CT molecular complexity index is 626. The summed E-state index contributed by atoms with van der Waals surface area (Å²) in [6.07, 6.45) is 1.50. The third kappa shape index (κ3) is 3.94. The highest BCUT2D eigenvalue weighted by Crippen LogP contribution is 2.31. The standard InChI is InChI=1S/C17H26N2O3S/c1-15-17-6-3-2-5-16(17)7-9-19(15)23(20,21)14-4-8-18-10-12-22-13-11-18/h2-3,5-6,15H,4,7-14H2,1H3/t15-/m0/s1. The fraction of sp³-hybridized carbons (Fsp3) is 0.647. The minimum absolute atomic E-state index is 0.0617. The first-order valence-electron chi connectivity index (χ1n) is 8.45. The molecule has 2 aliphatic rings. The summed E-state index contributed by atoms with van der Waals surface area (Å²) in [7, 11) is -3.20. The second-order valence-electron chi connectivity index (χ2n) is 6.36. The topological polar surface area (TPSA) is 49.9 Å². The molecule has 6 heteroatoms. The second-order valence-corrected chi connectivity index (χ2v) is 8.40. The van der Waals surface area contributed by atoms with Crippen molar-refractivity contribution in [2.45, 2.75) is 25.8 Å². The van der Waals surface area contributed by atoms with Crippen LogP contribution in [0.15, 0.2) is 24.3 Å². The maximum atomic E-state index is 12.7. The molecule has 0 radical (unpaired) electrons. The monoisotopic (exact) mass is 338 g/mol. The van der Waals surface area contributed by atoms with Crippen LogP contribution >= 0.6 is 0 Å². The molecule has 1 aromatic carbocycles. The third-order valence-corrected chi connectivity index (χ3v) is 6.89. The lowest BCUT2D eigenvalue weighted by atomic mass is 9.96. The van der Waals surface area contributed by atoms with E-state index in [0.29, 0.717) is 13.0 Å². The van der Waals surface area contributed by atoms with E-state index in [-0.39, 0.29) is 11.8 Å². The Hall–Kier alpha value is -0.950. The molecule has 0 aromatic heterocycles. The van der Waals surface area contributed by atoms with Gasteiger partial charge in [0.05, 0.1) is 19.0 Å². The maximum absolute atomic E-state index is 12.7. The van der Waals surface area contributed by atoms with E-state index in [1.165, 1.54) is 5.56 Å². The first-order valence-corrected chi connectivity index (χ1v) is 10.1. The van der Waals surface area contributed by atoms with Gasteiger partial charge in [-0.25, -0.2) is 8.42 Å². The minimum atomic E-state index is -3.20. The van der Waals surface area contributed by atoms with Gasteiger partial charge in [0.25, 0.3) is 0 Å². The van der Waals surface area contributed by atoms with Gasteiger partial charge in [-0.3, -0.25) is 4.90 Å². The molecule has 1 fully saturated rings. The molecule has 0 bridgehead atoms. The molecule has 3 rings (SSSR count). The van der Waals surface area contributed by atoms with E-state index in [9.17, 15) is 8.42 Å². The van der Waals surface area contributed by atoms with Crippen molar-refractivity contribution in [1.29, 1.82) is 0 Å².